The Hall–Kier alpha value is -2.03. The van der Waals surface area contributed by atoms with E-state index in [-0.39, 0.29) is 11.7 Å². The number of hydrogen-bond acceptors (Lipinski definition) is 4. The minimum atomic E-state index is -4.69. The van der Waals surface area contributed by atoms with Crippen molar-refractivity contribution in [3.05, 3.63) is 48.5 Å². The zero-order valence-corrected chi connectivity index (χ0v) is 14.2. The Balaban J connectivity index is 1.63. The third-order valence-electron chi connectivity index (χ3n) is 3.97. The fraction of sp³-hybridized carbons (Fsp3) is 0.333. The first kappa shape index (κ1) is 18.8. The lowest BCUT2D eigenvalue weighted by Gasteiger charge is -2.27. The SMILES string of the molecule is COCC1COB(c2ccc(-c3ccc(OC(F)(F)F)cc3)cc2)OC1. The predicted octanol–water partition coefficient (Wildman–Crippen LogP) is 3.26. The fourth-order valence-electron chi connectivity index (χ4n) is 2.75. The molecule has 2 aromatic carbocycles. The predicted molar refractivity (Wildman–Crippen MR) is 91.2 cm³/mol. The average molecular weight is 366 g/mol. The molecule has 1 aliphatic heterocycles. The molecule has 3 rings (SSSR count). The van der Waals surface area contributed by atoms with Crippen molar-refractivity contribution in [1.29, 1.82) is 0 Å². The van der Waals surface area contributed by atoms with Crippen LogP contribution in [0.3, 0.4) is 0 Å². The summed E-state index contributed by atoms with van der Waals surface area (Å²) < 4.78 is 57.0. The van der Waals surface area contributed by atoms with E-state index in [1.165, 1.54) is 12.1 Å². The molecule has 0 spiro atoms. The highest BCUT2D eigenvalue weighted by atomic mass is 19.4. The molecular formula is C18H18BF3O4. The summed E-state index contributed by atoms with van der Waals surface area (Å²) in [5.74, 6) is -0.0135. The van der Waals surface area contributed by atoms with Gasteiger partial charge in [0, 0.05) is 26.2 Å². The van der Waals surface area contributed by atoms with Gasteiger partial charge in [0.2, 0.25) is 0 Å². The molecule has 0 aliphatic carbocycles. The van der Waals surface area contributed by atoms with Gasteiger partial charge in [-0.25, -0.2) is 0 Å². The Morgan fingerprint density at radius 1 is 0.962 bits per heavy atom. The van der Waals surface area contributed by atoms with E-state index in [9.17, 15) is 13.2 Å². The van der Waals surface area contributed by atoms with E-state index in [2.05, 4.69) is 4.74 Å². The maximum atomic E-state index is 12.2. The van der Waals surface area contributed by atoms with Crippen molar-refractivity contribution in [2.45, 2.75) is 6.36 Å². The molecule has 138 valence electrons. The van der Waals surface area contributed by atoms with Crippen LogP contribution in [0, 0.1) is 5.92 Å². The molecule has 26 heavy (non-hydrogen) atoms. The van der Waals surface area contributed by atoms with Gasteiger partial charge < -0.3 is 18.8 Å². The van der Waals surface area contributed by atoms with Crippen molar-refractivity contribution in [3.63, 3.8) is 0 Å². The summed E-state index contributed by atoms with van der Waals surface area (Å²) in [5.41, 5.74) is 2.55. The molecule has 0 N–H and O–H groups in total. The summed E-state index contributed by atoms with van der Waals surface area (Å²) >= 11 is 0. The Morgan fingerprint density at radius 2 is 1.50 bits per heavy atom. The number of hydrogen-bond donors (Lipinski definition) is 0. The van der Waals surface area contributed by atoms with E-state index in [4.69, 9.17) is 14.0 Å². The van der Waals surface area contributed by atoms with E-state index in [0.29, 0.717) is 19.8 Å². The van der Waals surface area contributed by atoms with Gasteiger partial charge in [0.15, 0.2) is 0 Å². The van der Waals surface area contributed by atoms with Crippen LogP contribution in [0.25, 0.3) is 11.1 Å². The average Bonchev–Trinajstić information content (AvgIpc) is 2.62. The molecule has 0 amide bonds. The molecule has 0 radical (unpaired) electrons. The Kier molecular flexibility index (Phi) is 5.85. The third-order valence-corrected chi connectivity index (χ3v) is 3.97. The highest BCUT2D eigenvalue weighted by Gasteiger charge is 2.31. The zero-order chi connectivity index (χ0) is 18.6. The van der Waals surface area contributed by atoms with Gasteiger partial charge in [-0.05, 0) is 28.7 Å². The summed E-state index contributed by atoms with van der Waals surface area (Å²) in [6, 6.07) is 13.3. The normalized spacial score (nSPS) is 15.9. The van der Waals surface area contributed by atoms with Gasteiger partial charge in [0.1, 0.15) is 5.75 Å². The first-order valence-corrected chi connectivity index (χ1v) is 8.13. The second-order valence-corrected chi connectivity index (χ2v) is 6.01. The van der Waals surface area contributed by atoms with Crippen LogP contribution in [0.5, 0.6) is 5.75 Å². The summed E-state index contributed by atoms with van der Waals surface area (Å²) in [4.78, 5) is 0. The lowest BCUT2D eigenvalue weighted by atomic mass is 9.77. The Morgan fingerprint density at radius 3 is 2.00 bits per heavy atom. The minimum Gasteiger partial charge on any atom is -0.407 e. The second-order valence-electron chi connectivity index (χ2n) is 6.01. The van der Waals surface area contributed by atoms with Crippen LogP contribution in [-0.4, -0.2) is 40.4 Å². The van der Waals surface area contributed by atoms with Gasteiger partial charge in [0.05, 0.1) is 6.61 Å². The van der Waals surface area contributed by atoms with Gasteiger partial charge in [-0.2, -0.15) is 0 Å². The molecule has 2 aromatic rings. The Labute approximate surface area is 150 Å². The smallest absolute Gasteiger partial charge is 0.407 e. The van der Waals surface area contributed by atoms with Crippen LogP contribution in [0.2, 0.25) is 0 Å². The number of benzene rings is 2. The number of rotatable bonds is 5. The fourth-order valence-corrected chi connectivity index (χ4v) is 2.75. The quantitative estimate of drug-likeness (QED) is 0.762. The van der Waals surface area contributed by atoms with Gasteiger partial charge in [-0.3, -0.25) is 0 Å². The van der Waals surface area contributed by atoms with Crippen molar-refractivity contribution >= 4 is 12.6 Å². The van der Waals surface area contributed by atoms with Crippen molar-refractivity contribution < 1.29 is 32.0 Å². The monoisotopic (exact) mass is 366 g/mol. The number of methoxy groups -OCH3 is 1. The van der Waals surface area contributed by atoms with E-state index in [1.807, 2.05) is 24.3 Å². The highest BCUT2D eigenvalue weighted by molar-refractivity contribution is 6.61. The van der Waals surface area contributed by atoms with E-state index in [0.717, 1.165) is 16.6 Å². The summed E-state index contributed by atoms with van der Waals surface area (Å²) in [7, 11) is 1.23. The molecular weight excluding hydrogens is 348 g/mol. The van der Waals surface area contributed by atoms with Crippen molar-refractivity contribution in [3.8, 4) is 16.9 Å². The molecule has 1 fully saturated rings. The summed E-state index contributed by atoms with van der Waals surface area (Å²) in [6.45, 7) is 1.74. The van der Waals surface area contributed by atoms with Gasteiger partial charge in [0.25, 0.3) is 0 Å². The van der Waals surface area contributed by atoms with Crippen LogP contribution in [0.1, 0.15) is 0 Å². The molecule has 0 unspecified atom stereocenters. The van der Waals surface area contributed by atoms with E-state index in [1.54, 1.807) is 19.2 Å². The van der Waals surface area contributed by atoms with Gasteiger partial charge in [-0.15, -0.1) is 13.2 Å². The molecule has 0 bridgehead atoms. The molecule has 0 saturated carbocycles. The first-order chi connectivity index (χ1) is 12.4. The molecule has 0 atom stereocenters. The lowest BCUT2D eigenvalue weighted by molar-refractivity contribution is -0.274. The van der Waals surface area contributed by atoms with E-state index < -0.39 is 13.5 Å². The lowest BCUT2D eigenvalue weighted by Crippen LogP contribution is -2.45. The number of alkyl halides is 3. The third kappa shape index (κ3) is 5.00. The van der Waals surface area contributed by atoms with Crippen LogP contribution >= 0.6 is 0 Å². The largest absolute Gasteiger partial charge is 0.573 e. The molecule has 1 heterocycles. The highest BCUT2D eigenvalue weighted by Crippen LogP contribution is 2.26. The van der Waals surface area contributed by atoms with Gasteiger partial charge >= 0.3 is 13.5 Å². The number of ether oxygens (including phenoxy) is 2. The van der Waals surface area contributed by atoms with Crippen LogP contribution in [-0.2, 0) is 14.0 Å². The molecule has 8 heteroatoms. The molecule has 0 aromatic heterocycles. The van der Waals surface area contributed by atoms with Crippen LogP contribution < -0.4 is 10.2 Å². The topological polar surface area (TPSA) is 36.9 Å². The summed E-state index contributed by atoms with van der Waals surface area (Å²) in [5, 5.41) is 0. The maximum Gasteiger partial charge on any atom is 0.573 e. The number of halogens is 3. The van der Waals surface area contributed by atoms with E-state index >= 15 is 0 Å². The molecule has 1 aliphatic rings. The van der Waals surface area contributed by atoms with Crippen molar-refractivity contribution in [1.82, 2.24) is 0 Å². The maximum absolute atomic E-state index is 12.2. The first-order valence-electron chi connectivity index (χ1n) is 8.13. The minimum absolute atomic E-state index is 0.230. The molecule has 1 saturated heterocycles. The van der Waals surface area contributed by atoms with Crippen molar-refractivity contribution in [2.24, 2.45) is 5.92 Å². The zero-order valence-electron chi connectivity index (χ0n) is 14.2. The van der Waals surface area contributed by atoms with Crippen molar-refractivity contribution in [2.75, 3.05) is 26.9 Å². The van der Waals surface area contributed by atoms with Gasteiger partial charge in [-0.1, -0.05) is 36.4 Å². The van der Waals surface area contributed by atoms with Crippen LogP contribution in [0.4, 0.5) is 13.2 Å². The summed E-state index contributed by atoms with van der Waals surface area (Å²) in [6.07, 6.45) is -4.69. The molecule has 4 nitrogen and oxygen atoms in total. The Bertz CT molecular complexity index is 696. The standard InChI is InChI=1S/C18H18BF3O4/c1-23-10-13-11-24-19(25-12-13)16-6-2-14(3-7-16)15-4-8-17(9-5-15)26-18(20,21)22/h2-9,13H,10-12H2,1H3. The second kappa shape index (κ2) is 8.12. The van der Waals surface area contributed by atoms with Crippen LogP contribution in [0.15, 0.2) is 48.5 Å².